The van der Waals surface area contributed by atoms with E-state index < -0.39 is 5.97 Å². The zero-order chi connectivity index (χ0) is 25.0. The molecule has 0 aromatic heterocycles. The molecule has 9 heteroatoms. The molecule has 0 fully saturated rings. The van der Waals surface area contributed by atoms with Crippen molar-refractivity contribution in [3.63, 3.8) is 0 Å². The molecule has 0 aliphatic rings. The molecule has 1 amide bonds. The predicted molar refractivity (Wildman–Crippen MR) is 132 cm³/mol. The van der Waals surface area contributed by atoms with Gasteiger partial charge >= 0.3 is 5.97 Å². The number of hydrogen-bond acceptors (Lipinski definition) is 7. The van der Waals surface area contributed by atoms with Crippen LogP contribution in [0, 0.1) is 0 Å². The van der Waals surface area contributed by atoms with E-state index in [0.29, 0.717) is 40.8 Å². The number of nitrogens with zero attached hydrogens (tertiary/aromatic N) is 1. The predicted octanol–water partition coefficient (Wildman–Crippen LogP) is 4.38. The SMILES string of the molecule is COC(=O)c1ccc(CNC(=O)CO/N=C/c2ccc(OCc3ccc(Cl)cc3)c(OC)c2)cc1. The van der Waals surface area contributed by atoms with E-state index in [4.69, 9.17) is 25.9 Å². The quantitative estimate of drug-likeness (QED) is 0.240. The number of amides is 1. The van der Waals surface area contributed by atoms with Gasteiger partial charge < -0.3 is 24.4 Å². The minimum Gasteiger partial charge on any atom is -0.493 e. The van der Waals surface area contributed by atoms with Crippen molar-refractivity contribution in [2.45, 2.75) is 13.2 Å². The number of rotatable bonds is 11. The summed E-state index contributed by atoms with van der Waals surface area (Å²) in [6.07, 6.45) is 1.48. The van der Waals surface area contributed by atoms with E-state index in [1.807, 2.05) is 12.1 Å². The lowest BCUT2D eigenvalue weighted by molar-refractivity contribution is -0.125. The molecular formula is C26H25ClN2O6. The molecule has 3 aromatic carbocycles. The fraction of sp³-hybridized carbons (Fsp3) is 0.192. The Kier molecular flexibility index (Phi) is 9.50. The second kappa shape index (κ2) is 13.0. The van der Waals surface area contributed by atoms with E-state index in [0.717, 1.165) is 11.1 Å². The Labute approximate surface area is 208 Å². The number of benzene rings is 3. The molecule has 0 saturated heterocycles. The maximum absolute atomic E-state index is 12.0. The first-order chi connectivity index (χ1) is 17.0. The molecule has 3 aromatic rings. The second-order valence-electron chi connectivity index (χ2n) is 7.30. The summed E-state index contributed by atoms with van der Waals surface area (Å²) in [6, 6.07) is 19.5. The van der Waals surface area contributed by atoms with E-state index in [-0.39, 0.29) is 12.5 Å². The van der Waals surface area contributed by atoms with E-state index >= 15 is 0 Å². The molecule has 0 spiro atoms. The fourth-order valence-electron chi connectivity index (χ4n) is 2.95. The number of oxime groups is 1. The van der Waals surface area contributed by atoms with Gasteiger partial charge in [0.05, 0.1) is 26.0 Å². The van der Waals surface area contributed by atoms with Gasteiger partial charge in [-0.2, -0.15) is 0 Å². The highest BCUT2D eigenvalue weighted by atomic mass is 35.5. The summed E-state index contributed by atoms with van der Waals surface area (Å²) >= 11 is 5.90. The van der Waals surface area contributed by atoms with Gasteiger partial charge in [0, 0.05) is 17.1 Å². The minimum atomic E-state index is -0.412. The number of carbonyl (C=O) groups excluding carboxylic acids is 2. The summed E-state index contributed by atoms with van der Waals surface area (Å²) in [7, 11) is 2.87. The van der Waals surface area contributed by atoms with Crippen LogP contribution in [-0.4, -0.2) is 38.9 Å². The molecule has 182 valence electrons. The third-order valence-electron chi connectivity index (χ3n) is 4.83. The molecular weight excluding hydrogens is 472 g/mol. The van der Waals surface area contributed by atoms with Crippen molar-refractivity contribution >= 4 is 29.7 Å². The van der Waals surface area contributed by atoms with Crippen molar-refractivity contribution in [1.82, 2.24) is 5.32 Å². The average molecular weight is 497 g/mol. The van der Waals surface area contributed by atoms with Crippen molar-refractivity contribution in [2.24, 2.45) is 5.16 Å². The Morgan fingerprint density at radius 2 is 1.66 bits per heavy atom. The van der Waals surface area contributed by atoms with Gasteiger partial charge in [-0.25, -0.2) is 4.79 Å². The summed E-state index contributed by atoms with van der Waals surface area (Å²) in [5.74, 6) is 0.380. The van der Waals surface area contributed by atoms with E-state index in [1.165, 1.54) is 13.3 Å². The molecule has 3 rings (SSSR count). The fourth-order valence-corrected chi connectivity index (χ4v) is 3.07. The summed E-state index contributed by atoms with van der Waals surface area (Å²) < 4.78 is 15.9. The summed E-state index contributed by atoms with van der Waals surface area (Å²) in [5.41, 5.74) is 2.97. The molecule has 0 radical (unpaired) electrons. The van der Waals surface area contributed by atoms with Crippen molar-refractivity contribution in [2.75, 3.05) is 20.8 Å². The Hall–Kier alpha value is -4.04. The van der Waals surface area contributed by atoms with Gasteiger partial charge in [-0.15, -0.1) is 0 Å². The van der Waals surface area contributed by atoms with Crippen LogP contribution in [0.4, 0.5) is 0 Å². The van der Waals surface area contributed by atoms with Gasteiger partial charge in [-0.1, -0.05) is 41.0 Å². The summed E-state index contributed by atoms with van der Waals surface area (Å²) in [6.45, 7) is 0.423. The zero-order valence-corrected chi connectivity index (χ0v) is 20.1. The van der Waals surface area contributed by atoms with Gasteiger partial charge in [0.25, 0.3) is 5.91 Å². The molecule has 0 aliphatic carbocycles. The zero-order valence-electron chi connectivity index (χ0n) is 19.3. The van der Waals surface area contributed by atoms with Crippen LogP contribution in [0.25, 0.3) is 0 Å². The van der Waals surface area contributed by atoms with Crippen molar-refractivity contribution in [3.8, 4) is 11.5 Å². The summed E-state index contributed by atoms with van der Waals surface area (Å²) in [4.78, 5) is 28.5. The number of nitrogens with one attached hydrogen (secondary N) is 1. The van der Waals surface area contributed by atoms with Crippen LogP contribution in [0.3, 0.4) is 0 Å². The van der Waals surface area contributed by atoms with Gasteiger partial charge in [-0.05, 0) is 53.6 Å². The third-order valence-corrected chi connectivity index (χ3v) is 5.08. The van der Waals surface area contributed by atoms with Crippen LogP contribution < -0.4 is 14.8 Å². The topological polar surface area (TPSA) is 95.5 Å². The van der Waals surface area contributed by atoms with Crippen molar-refractivity contribution in [3.05, 3.63) is 94.0 Å². The van der Waals surface area contributed by atoms with E-state index in [1.54, 1.807) is 61.7 Å². The Bertz CT molecular complexity index is 1160. The first kappa shape index (κ1) is 25.6. The van der Waals surface area contributed by atoms with Crippen LogP contribution >= 0.6 is 11.6 Å². The summed E-state index contributed by atoms with van der Waals surface area (Å²) in [5, 5.41) is 7.22. The van der Waals surface area contributed by atoms with Crippen LogP contribution in [0.1, 0.15) is 27.0 Å². The van der Waals surface area contributed by atoms with Crippen molar-refractivity contribution < 1.29 is 28.6 Å². The van der Waals surface area contributed by atoms with E-state index in [9.17, 15) is 9.59 Å². The smallest absolute Gasteiger partial charge is 0.337 e. The molecule has 1 N–H and O–H groups in total. The van der Waals surface area contributed by atoms with Crippen molar-refractivity contribution in [1.29, 1.82) is 0 Å². The van der Waals surface area contributed by atoms with Crippen LogP contribution in [0.2, 0.25) is 5.02 Å². The first-order valence-electron chi connectivity index (χ1n) is 10.6. The molecule has 0 heterocycles. The Balaban J connectivity index is 1.44. The lowest BCUT2D eigenvalue weighted by Gasteiger charge is -2.11. The molecule has 0 bridgehead atoms. The number of methoxy groups -OCH3 is 2. The number of hydrogen-bond donors (Lipinski definition) is 1. The molecule has 0 saturated carbocycles. The van der Waals surface area contributed by atoms with Crippen LogP contribution in [-0.2, 0) is 27.5 Å². The number of carbonyl (C=O) groups is 2. The maximum Gasteiger partial charge on any atom is 0.337 e. The second-order valence-corrected chi connectivity index (χ2v) is 7.74. The maximum atomic E-state index is 12.0. The Morgan fingerprint density at radius 1 is 0.943 bits per heavy atom. The van der Waals surface area contributed by atoms with Crippen LogP contribution in [0.5, 0.6) is 11.5 Å². The third kappa shape index (κ3) is 8.04. The molecule has 0 unspecified atom stereocenters. The first-order valence-corrected chi connectivity index (χ1v) is 11.0. The average Bonchev–Trinajstić information content (AvgIpc) is 2.89. The molecule has 0 atom stereocenters. The van der Waals surface area contributed by atoms with Gasteiger partial charge in [0.15, 0.2) is 18.1 Å². The lowest BCUT2D eigenvalue weighted by Crippen LogP contribution is -2.26. The number of ether oxygens (including phenoxy) is 3. The monoisotopic (exact) mass is 496 g/mol. The van der Waals surface area contributed by atoms with Gasteiger partial charge in [0.1, 0.15) is 6.61 Å². The molecule has 0 aliphatic heterocycles. The minimum absolute atomic E-state index is 0.240. The highest BCUT2D eigenvalue weighted by Gasteiger charge is 2.07. The number of esters is 1. The highest BCUT2D eigenvalue weighted by Crippen LogP contribution is 2.28. The standard InChI is InChI=1S/C26H25ClN2O6/c1-32-24-13-20(7-12-23(24)34-16-19-5-10-22(27)11-6-19)15-29-35-17-25(30)28-14-18-3-8-21(9-4-18)26(31)33-2/h3-13,15H,14,16-17H2,1-2H3,(H,28,30)/b29-15+. The normalized spacial score (nSPS) is 10.6. The highest BCUT2D eigenvalue weighted by molar-refractivity contribution is 6.30. The lowest BCUT2D eigenvalue weighted by atomic mass is 10.1. The largest absolute Gasteiger partial charge is 0.493 e. The van der Waals surface area contributed by atoms with E-state index in [2.05, 4.69) is 15.2 Å². The Morgan fingerprint density at radius 3 is 2.34 bits per heavy atom. The molecule has 35 heavy (non-hydrogen) atoms. The van der Waals surface area contributed by atoms with Gasteiger partial charge in [-0.3, -0.25) is 4.79 Å². The van der Waals surface area contributed by atoms with Crippen LogP contribution in [0.15, 0.2) is 71.9 Å². The van der Waals surface area contributed by atoms with Gasteiger partial charge in [0.2, 0.25) is 0 Å². The number of halogens is 1. The molecule has 8 nitrogen and oxygen atoms in total.